The van der Waals surface area contributed by atoms with Crippen molar-refractivity contribution in [3.05, 3.63) is 90.0 Å². The van der Waals surface area contributed by atoms with Crippen LogP contribution >= 0.6 is 0 Å². The fourth-order valence-corrected chi connectivity index (χ4v) is 3.14. The number of phenols is 1. The highest BCUT2D eigenvalue weighted by Gasteiger charge is 2.09. The third-order valence-corrected chi connectivity index (χ3v) is 4.92. The van der Waals surface area contributed by atoms with Crippen LogP contribution in [0.25, 0.3) is 0 Å². The molecule has 3 aromatic rings. The van der Waals surface area contributed by atoms with Crippen LogP contribution in [-0.4, -0.2) is 10.9 Å². The van der Waals surface area contributed by atoms with Gasteiger partial charge in [0.15, 0.2) is 0 Å². The summed E-state index contributed by atoms with van der Waals surface area (Å²) in [5, 5.41) is 8.76. The Bertz CT molecular complexity index is 865. The van der Waals surface area contributed by atoms with Gasteiger partial charge in [0.25, 0.3) is 0 Å². The highest BCUT2D eigenvalue weighted by atomic mass is 16.5. The minimum absolute atomic E-state index is 0.297. The summed E-state index contributed by atoms with van der Waals surface area (Å²) in [6.07, 6.45) is 7.01. The van der Waals surface area contributed by atoms with Crippen LogP contribution in [0.15, 0.2) is 78.9 Å². The number of benzene rings is 3. The van der Waals surface area contributed by atoms with E-state index in [4.69, 9.17) is 9.84 Å². The number of unbranched alkanes of at least 4 members (excludes halogenated alkanes) is 4. The quantitative estimate of drug-likeness (QED) is 0.316. The first kappa shape index (κ1) is 28.0. The Labute approximate surface area is 200 Å². The molecule has 0 aromatic heterocycles. The fraction of sp³-hybridized carbons (Fsp3) is 0.367. The predicted molar refractivity (Wildman–Crippen MR) is 139 cm³/mol. The van der Waals surface area contributed by atoms with Crippen LogP contribution in [-0.2, 0) is 11.2 Å². The predicted octanol–water partition coefficient (Wildman–Crippen LogP) is 8.68. The van der Waals surface area contributed by atoms with E-state index in [9.17, 15) is 4.79 Å². The summed E-state index contributed by atoms with van der Waals surface area (Å²) in [5.74, 6) is 2.20. The average molecular weight is 449 g/mol. The normalized spacial score (nSPS) is 9.70. The lowest BCUT2D eigenvalue weighted by atomic mass is 10.0. The second-order valence-corrected chi connectivity index (χ2v) is 7.74. The molecular weight excluding hydrogens is 408 g/mol. The summed E-state index contributed by atoms with van der Waals surface area (Å²) in [6.45, 7) is 8.19. The Balaban J connectivity index is 0.000000454. The van der Waals surface area contributed by atoms with Crippen molar-refractivity contribution in [3.8, 4) is 17.2 Å². The molecule has 0 amide bonds. The van der Waals surface area contributed by atoms with Gasteiger partial charge in [-0.25, -0.2) is 0 Å². The van der Waals surface area contributed by atoms with Gasteiger partial charge in [-0.1, -0.05) is 101 Å². The molecule has 0 fully saturated rings. The third kappa shape index (κ3) is 12.5. The molecule has 3 nitrogen and oxygen atoms in total. The summed E-state index contributed by atoms with van der Waals surface area (Å²) in [5.41, 5.74) is 2.14. The van der Waals surface area contributed by atoms with E-state index in [2.05, 4.69) is 6.92 Å². The zero-order chi connectivity index (χ0) is 24.3. The third-order valence-electron chi connectivity index (χ3n) is 4.92. The molecule has 0 spiro atoms. The minimum atomic E-state index is 0.297. The summed E-state index contributed by atoms with van der Waals surface area (Å²) < 4.78 is 5.92. The van der Waals surface area contributed by atoms with Crippen molar-refractivity contribution in [1.82, 2.24) is 0 Å². The van der Waals surface area contributed by atoms with Gasteiger partial charge < -0.3 is 9.84 Å². The second kappa shape index (κ2) is 17.5. The van der Waals surface area contributed by atoms with E-state index in [-0.39, 0.29) is 0 Å². The Morgan fingerprint density at radius 1 is 0.788 bits per heavy atom. The van der Waals surface area contributed by atoms with Crippen molar-refractivity contribution in [3.63, 3.8) is 0 Å². The first-order valence-corrected chi connectivity index (χ1v) is 12.2. The number of hydrogen-bond donors (Lipinski definition) is 1. The zero-order valence-corrected chi connectivity index (χ0v) is 20.7. The van der Waals surface area contributed by atoms with Gasteiger partial charge >= 0.3 is 0 Å². The lowest BCUT2D eigenvalue weighted by Gasteiger charge is -2.10. The van der Waals surface area contributed by atoms with Gasteiger partial charge in [0, 0.05) is 18.4 Å². The molecule has 3 heteroatoms. The molecule has 0 aliphatic rings. The van der Waals surface area contributed by atoms with Crippen molar-refractivity contribution in [2.45, 2.75) is 72.6 Å². The lowest BCUT2D eigenvalue weighted by molar-refractivity contribution is -0.118. The maximum Gasteiger partial charge on any atom is 0.137 e. The number of para-hydroxylation sites is 2. The molecule has 0 bridgehead atoms. The van der Waals surface area contributed by atoms with Gasteiger partial charge in [0.05, 0.1) is 0 Å². The summed E-state index contributed by atoms with van der Waals surface area (Å²) in [6, 6.07) is 24.6. The summed E-state index contributed by atoms with van der Waals surface area (Å²) >= 11 is 0. The van der Waals surface area contributed by atoms with E-state index in [1.54, 1.807) is 12.1 Å². The van der Waals surface area contributed by atoms with Gasteiger partial charge in [-0.05, 0) is 43.7 Å². The Morgan fingerprint density at radius 2 is 1.39 bits per heavy atom. The molecule has 3 aromatic carbocycles. The molecule has 0 unspecified atom stereocenters. The molecule has 1 N–H and O–H groups in total. The second-order valence-electron chi connectivity index (χ2n) is 7.74. The first-order chi connectivity index (χ1) is 16.1. The van der Waals surface area contributed by atoms with Crippen LogP contribution in [0.1, 0.15) is 70.4 Å². The van der Waals surface area contributed by atoms with Crippen molar-refractivity contribution in [1.29, 1.82) is 0 Å². The van der Waals surface area contributed by atoms with E-state index in [0.717, 1.165) is 29.9 Å². The van der Waals surface area contributed by atoms with Crippen molar-refractivity contribution < 1.29 is 14.6 Å². The lowest BCUT2D eigenvalue weighted by Crippen LogP contribution is -2.04. The minimum Gasteiger partial charge on any atom is -0.508 e. The van der Waals surface area contributed by atoms with Crippen LogP contribution in [0.5, 0.6) is 17.2 Å². The number of ether oxygens (including phenoxy) is 1. The van der Waals surface area contributed by atoms with Crippen molar-refractivity contribution >= 4 is 5.78 Å². The summed E-state index contributed by atoms with van der Waals surface area (Å²) in [7, 11) is 0. The van der Waals surface area contributed by atoms with E-state index in [1.807, 2.05) is 87.5 Å². The van der Waals surface area contributed by atoms with Crippen LogP contribution in [0.3, 0.4) is 0 Å². The molecule has 3 rings (SSSR count). The number of carbonyl (C=O) groups is 1. The number of aryl methyl sites for hydroxylation is 1. The Kier molecular flexibility index (Phi) is 14.8. The van der Waals surface area contributed by atoms with Gasteiger partial charge in [-0.2, -0.15) is 0 Å². The number of phenolic OH excluding ortho intramolecular Hbond substituents is 1. The van der Waals surface area contributed by atoms with Gasteiger partial charge in [0.1, 0.15) is 23.0 Å². The van der Waals surface area contributed by atoms with Crippen LogP contribution in [0.4, 0.5) is 0 Å². The SMILES string of the molecule is CC.CCCCCCCC(=O)Cc1ccccc1Oc1ccccc1.Cc1ccc(O)cc1. The van der Waals surface area contributed by atoms with Crippen LogP contribution in [0, 0.1) is 6.92 Å². The maximum absolute atomic E-state index is 12.2. The molecule has 0 heterocycles. The molecule has 33 heavy (non-hydrogen) atoms. The van der Waals surface area contributed by atoms with E-state index in [1.165, 1.54) is 24.8 Å². The molecule has 0 saturated carbocycles. The topological polar surface area (TPSA) is 46.5 Å². The van der Waals surface area contributed by atoms with Gasteiger partial charge in [-0.3, -0.25) is 4.79 Å². The van der Waals surface area contributed by atoms with Crippen molar-refractivity contribution in [2.24, 2.45) is 0 Å². The monoisotopic (exact) mass is 448 g/mol. The number of aromatic hydroxyl groups is 1. The van der Waals surface area contributed by atoms with Crippen molar-refractivity contribution in [2.75, 3.05) is 0 Å². The first-order valence-electron chi connectivity index (χ1n) is 12.2. The number of hydrogen-bond acceptors (Lipinski definition) is 3. The molecule has 0 aliphatic carbocycles. The highest BCUT2D eigenvalue weighted by Crippen LogP contribution is 2.26. The van der Waals surface area contributed by atoms with E-state index < -0.39 is 0 Å². The fourth-order valence-electron chi connectivity index (χ4n) is 3.14. The maximum atomic E-state index is 12.2. The number of rotatable bonds is 10. The molecule has 0 saturated heterocycles. The summed E-state index contributed by atoms with van der Waals surface area (Å²) in [4.78, 5) is 12.2. The standard InChI is InChI=1S/C21H26O2.C7H8O.C2H6/c1-2-3-4-5-7-13-19(22)17-18-12-10-11-16-21(18)23-20-14-8-6-9-15-20;1-6-2-4-7(8)5-3-6;1-2/h6,8-12,14-16H,2-5,7,13,17H2,1H3;2-5,8H,1H3;1-2H3. The van der Waals surface area contributed by atoms with Crippen LogP contribution < -0.4 is 4.74 Å². The molecular formula is C30H40O3. The van der Waals surface area contributed by atoms with Gasteiger partial charge in [-0.15, -0.1) is 0 Å². The average Bonchev–Trinajstić information content (AvgIpc) is 2.84. The van der Waals surface area contributed by atoms with E-state index >= 15 is 0 Å². The molecule has 0 radical (unpaired) electrons. The number of ketones is 1. The Morgan fingerprint density at radius 3 is 2.03 bits per heavy atom. The Hall–Kier alpha value is -3.07. The highest BCUT2D eigenvalue weighted by molar-refractivity contribution is 5.81. The largest absolute Gasteiger partial charge is 0.508 e. The number of carbonyl (C=O) groups excluding carboxylic acids is 1. The number of Topliss-reactive ketones (excluding diaryl/α,β-unsaturated/α-hetero) is 1. The van der Waals surface area contributed by atoms with E-state index in [0.29, 0.717) is 24.4 Å². The smallest absolute Gasteiger partial charge is 0.137 e. The molecule has 178 valence electrons. The molecule has 0 atom stereocenters. The molecule has 0 aliphatic heterocycles. The van der Waals surface area contributed by atoms with Crippen LogP contribution in [0.2, 0.25) is 0 Å². The van der Waals surface area contributed by atoms with Gasteiger partial charge in [0.2, 0.25) is 0 Å². The zero-order valence-electron chi connectivity index (χ0n) is 20.7.